The second-order valence-electron chi connectivity index (χ2n) is 3.58. The molecule has 0 fully saturated rings. The fourth-order valence-corrected chi connectivity index (χ4v) is 1.44. The van der Waals surface area contributed by atoms with Crippen LogP contribution in [0.4, 0.5) is 0 Å². The van der Waals surface area contributed by atoms with Crippen LogP contribution in [0.25, 0.3) is 0 Å². The van der Waals surface area contributed by atoms with E-state index in [-0.39, 0.29) is 0 Å². The summed E-state index contributed by atoms with van der Waals surface area (Å²) in [6.07, 6.45) is 8.90. The molecule has 0 aromatic heterocycles. The van der Waals surface area contributed by atoms with Crippen molar-refractivity contribution in [2.75, 3.05) is 32.7 Å². The van der Waals surface area contributed by atoms with Crippen LogP contribution >= 0.6 is 0 Å². The van der Waals surface area contributed by atoms with E-state index in [4.69, 9.17) is 6.42 Å². The molecule has 0 spiro atoms. The molecule has 0 unspecified atom stereocenters. The first kappa shape index (κ1) is 13.5. The lowest BCUT2D eigenvalue weighted by atomic mass is 10.3. The van der Waals surface area contributed by atoms with Gasteiger partial charge in [0, 0.05) is 6.54 Å². The Hall–Kier alpha value is -0.520. The summed E-state index contributed by atoms with van der Waals surface area (Å²) in [6, 6.07) is 0. The Morgan fingerprint density at radius 3 is 2.50 bits per heavy atom. The van der Waals surface area contributed by atoms with Crippen LogP contribution in [-0.2, 0) is 0 Å². The summed E-state index contributed by atoms with van der Waals surface area (Å²) in [5.74, 6) is 2.71. The molecule has 2 nitrogen and oxygen atoms in total. The van der Waals surface area contributed by atoms with E-state index < -0.39 is 0 Å². The molecule has 0 aliphatic rings. The van der Waals surface area contributed by atoms with E-state index in [1.54, 1.807) is 0 Å². The molecule has 0 radical (unpaired) electrons. The van der Waals surface area contributed by atoms with E-state index in [0.29, 0.717) is 0 Å². The van der Waals surface area contributed by atoms with Crippen LogP contribution in [0.15, 0.2) is 0 Å². The third-order valence-electron chi connectivity index (χ3n) is 2.11. The Bertz CT molecular complexity index is 149. The average Bonchev–Trinajstić information content (AvgIpc) is 2.18. The minimum Gasteiger partial charge on any atom is -0.317 e. The van der Waals surface area contributed by atoms with Gasteiger partial charge in [-0.2, -0.15) is 0 Å². The minimum atomic E-state index is 0.793. The molecule has 82 valence electrons. The normalized spacial score (nSPS) is 10.4. The number of hydrogen-bond acceptors (Lipinski definition) is 2. The molecule has 0 aliphatic carbocycles. The summed E-state index contributed by atoms with van der Waals surface area (Å²) in [4.78, 5) is 2.34. The van der Waals surface area contributed by atoms with Crippen molar-refractivity contribution in [3.05, 3.63) is 0 Å². The van der Waals surface area contributed by atoms with Crippen molar-refractivity contribution in [1.29, 1.82) is 0 Å². The summed E-state index contributed by atoms with van der Waals surface area (Å²) < 4.78 is 0. The molecular formula is C12H24N2. The van der Waals surface area contributed by atoms with Gasteiger partial charge in [-0.25, -0.2) is 0 Å². The summed E-state index contributed by atoms with van der Waals surface area (Å²) in [5, 5.41) is 3.40. The summed E-state index contributed by atoms with van der Waals surface area (Å²) in [5.41, 5.74) is 0. The van der Waals surface area contributed by atoms with Gasteiger partial charge in [0.15, 0.2) is 0 Å². The predicted molar refractivity (Wildman–Crippen MR) is 63.3 cm³/mol. The molecule has 0 heterocycles. The van der Waals surface area contributed by atoms with Gasteiger partial charge in [-0.05, 0) is 38.9 Å². The molecule has 0 rings (SSSR count). The van der Waals surface area contributed by atoms with Crippen molar-refractivity contribution < 1.29 is 0 Å². The number of nitrogens with zero attached hydrogens (tertiary/aromatic N) is 1. The van der Waals surface area contributed by atoms with E-state index in [1.165, 1.54) is 19.3 Å². The Morgan fingerprint density at radius 1 is 1.14 bits per heavy atom. The Labute approximate surface area is 89.1 Å². The SMILES string of the molecule is C#CCN(CCC)CCCNCCC. The van der Waals surface area contributed by atoms with Crippen LogP contribution in [0, 0.1) is 12.3 Å². The molecule has 0 saturated carbocycles. The summed E-state index contributed by atoms with van der Waals surface area (Å²) in [7, 11) is 0. The van der Waals surface area contributed by atoms with Crippen LogP contribution in [0.5, 0.6) is 0 Å². The molecule has 0 saturated heterocycles. The zero-order valence-electron chi connectivity index (χ0n) is 9.68. The standard InChI is InChI=1S/C12H24N2/c1-4-8-13-9-7-12-14(10-5-2)11-6-3/h2,13H,4,6-12H2,1,3H3. The van der Waals surface area contributed by atoms with E-state index in [0.717, 1.165) is 32.7 Å². The highest BCUT2D eigenvalue weighted by molar-refractivity contribution is 4.87. The first-order valence-corrected chi connectivity index (χ1v) is 5.71. The predicted octanol–water partition coefficient (Wildman–Crippen LogP) is 1.72. The third kappa shape index (κ3) is 8.10. The van der Waals surface area contributed by atoms with Crippen molar-refractivity contribution in [1.82, 2.24) is 10.2 Å². The maximum atomic E-state index is 5.30. The van der Waals surface area contributed by atoms with E-state index in [1.807, 2.05) is 0 Å². The van der Waals surface area contributed by atoms with Crippen LogP contribution in [0.1, 0.15) is 33.1 Å². The maximum Gasteiger partial charge on any atom is 0.0598 e. The van der Waals surface area contributed by atoms with E-state index in [9.17, 15) is 0 Å². The Balaban J connectivity index is 3.36. The number of hydrogen-bond donors (Lipinski definition) is 1. The summed E-state index contributed by atoms with van der Waals surface area (Å²) in [6.45, 7) is 9.66. The molecule has 0 bridgehead atoms. The quantitative estimate of drug-likeness (QED) is 0.446. The van der Waals surface area contributed by atoms with Gasteiger partial charge in [-0.3, -0.25) is 4.90 Å². The minimum absolute atomic E-state index is 0.793. The van der Waals surface area contributed by atoms with Gasteiger partial charge in [0.2, 0.25) is 0 Å². The second kappa shape index (κ2) is 10.6. The van der Waals surface area contributed by atoms with Crippen molar-refractivity contribution in [2.45, 2.75) is 33.1 Å². The van der Waals surface area contributed by atoms with Gasteiger partial charge in [-0.15, -0.1) is 6.42 Å². The van der Waals surface area contributed by atoms with Crippen molar-refractivity contribution in [2.24, 2.45) is 0 Å². The molecule has 0 atom stereocenters. The van der Waals surface area contributed by atoms with Crippen LogP contribution in [0.2, 0.25) is 0 Å². The van der Waals surface area contributed by atoms with E-state index in [2.05, 4.69) is 30.0 Å². The van der Waals surface area contributed by atoms with Crippen LogP contribution in [-0.4, -0.2) is 37.6 Å². The number of rotatable bonds is 9. The monoisotopic (exact) mass is 196 g/mol. The van der Waals surface area contributed by atoms with Crippen LogP contribution in [0.3, 0.4) is 0 Å². The Morgan fingerprint density at radius 2 is 1.93 bits per heavy atom. The van der Waals surface area contributed by atoms with Gasteiger partial charge in [-0.1, -0.05) is 19.8 Å². The highest BCUT2D eigenvalue weighted by atomic mass is 15.1. The lowest BCUT2D eigenvalue weighted by molar-refractivity contribution is 0.301. The summed E-state index contributed by atoms with van der Waals surface area (Å²) >= 11 is 0. The largest absolute Gasteiger partial charge is 0.317 e. The highest BCUT2D eigenvalue weighted by Gasteiger charge is 2.00. The molecule has 1 N–H and O–H groups in total. The third-order valence-corrected chi connectivity index (χ3v) is 2.11. The lowest BCUT2D eigenvalue weighted by Crippen LogP contribution is -2.28. The number of terminal acetylenes is 1. The van der Waals surface area contributed by atoms with Gasteiger partial charge in [0.1, 0.15) is 0 Å². The molecule has 2 heteroatoms. The first-order chi connectivity index (χ1) is 6.85. The molecule has 14 heavy (non-hydrogen) atoms. The zero-order valence-corrected chi connectivity index (χ0v) is 9.68. The van der Waals surface area contributed by atoms with Crippen molar-refractivity contribution >= 4 is 0 Å². The highest BCUT2D eigenvalue weighted by Crippen LogP contribution is 1.92. The van der Waals surface area contributed by atoms with Gasteiger partial charge in [0.05, 0.1) is 6.54 Å². The smallest absolute Gasteiger partial charge is 0.0598 e. The topological polar surface area (TPSA) is 15.3 Å². The molecule has 0 aromatic rings. The maximum absolute atomic E-state index is 5.30. The van der Waals surface area contributed by atoms with Crippen molar-refractivity contribution in [3.8, 4) is 12.3 Å². The first-order valence-electron chi connectivity index (χ1n) is 5.71. The fourth-order valence-electron chi connectivity index (χ4n) is 1.44. The van der Waals surface area contributed by atoms with Gasteiger partial charge < -0.3 is 5.32 Å². The molecule has 0 aliphatic heterocycles. The number of nitrogens with one attached hydrogen (secondary N) is 1. The molecular weight excluding hydrogens is 172 g/mol. The molecule has 0 amide bonds. The van der Waals surface area contributed by atoms with Gasteiger partial charge in [0.25, 0.3) is 0 Å². The van der Waals surface area contributed by atoms with Crippen LogP contribution < -0.4 is 5.32 Å². The molecule has 0 aromatic carbocycles. The van der Waals surface area contributed by atoms with E-state index >= 15 is 0 Å². The fraction of sp³-hybridized carbons (Fsp3) is 0.833. The Kier molecular flexibility index (Phi) is 10.2. The lowest BCUT2D eigenvalue weighted by Gasteiger charge is -2.18. The van der Waals surface area contributed by atoms with Gasteiger partial charge >= 0.3 is 0 Å². The van der Waals surface area contributed by atoms with Crippen molar-refractivity contribution in [3.63, 3.8) is 0 Å². The second-order valence-corrected chi connectivity index (χ2v) is 3.58. The average molecular weight is 196 g/mol. The zero-order chi connectivity index (χ0) is 10.6.